The van der Waals surface area contributed by atoms with Crippen molar-refractivity contribution in [1.82, 2.24) is 4.90 Å². The molecule has 1 nitrogen and oxygen atoms in total. The van der Waals surface area contributed by atoms with Crippen molar-refractivity contribution < 1.29 is 0 Å². The molecule has 1 atom stereocenters. The number of rotatable bonds is 4. The Morgan fingerprint density at radius 1 is 1.21 bits per heavy atom. The summed E-state index contributed by atoms with van der Waals surface area (Å²) in [5.41, 5.74) is 2.53. The van der Waals surface area contributed by atoms with E-state index < -0.39 is 0 Å². The average molecular weight is 212 g/mol. The van der Waals surface area contributed by atoms with Gasteiger partial charge in [-0.25, -0.2) is 0 Å². The van der Waals surface area contributed by atoms with Gasteiger partial charge in [0.05, 0.1) is 0 Å². The highest BCUT2D eigenvalue weighted by atomic mass is 35.5. The van der Waals surface area contributed by atoms with E-state index >= 15 is 0 Å². The standard InChI is InChI=1S/C12H18ClN/c1-4-5-10-6-8-11(9-7-10)12(13)14(2)3/h6-9,12H,4-5H2,1-3H3. The molecule has 2 heteroatoms. The summed E-state index contributed by atoms with van der Waals surface area (Å²) in [6.45, 7) is 2.19. The third-order valence-electron chi connectivity index (χ3n) is 2.25. The fourth-order valence-corrected chi connectivity index (χ4v) is 1.58. The van der Waals surface area contributed by atoms with Crippen LogP contribution in [0.15, 0.2) is 24.3 Å². The second-order valence-corrected chi connectivity index (χ2v) is 4.20. The Kier molecular flexibility index (Phi) is 4.43. The molecule has 1 aromatic rings. The third kappa shape index (κ3) is 3.00. The van der Waals surface area contributed by atoms with Crippen LogP contribution in [0, 0.1) is 0 Å². The maximum absolute atomic E-state index is 6.20. The van der Waals surface area contributed by atoms with Gasteiger partial charge < -0.3 is 0 Å². The molecule has 0 aliphatic carbocycles. The van der Waals surface area contributed by atoms with E-state index in [-0.39, 0.29) is 5.50 Å². The lowest BCUT2D eigenvalue weighted by Gasteiger charge is -2.17. The van der Waals surface area contributed by atoms with Gasteiger partial charge in [0.1, 0.15) is 5.50 Å². The van der Waals surface area contributed by atoms with Gasteiger partial charge in [0.25, 0.3) is 0 Å². The topological polar surface area (TPSA) is 3.24 Å². The van der Waals surface area contributed by atoms with Gasteiger partial charge in [-0.1, -0.05) is 37.6 Å². The van der Waals surface area contributed by atoms with Crippen LogP contribution in [0.1, 0.15) is 30.0 Å². The zero-order valence-corrected chi connectivity index (χ0v) is 9.88. The Hall–Kier alpha value is -0.530. The van der Waals surface area contributed by atoms with Gasteiger partial charge in [0.2, 0.25) is 0 Å². The van der Waals surface area contributed by atoms with Gasteiger partial charge in [-0.05, 0) is 31.6 Å². The molecule has 14 heavy (non-hydrogen) atoms. The minimum absolute atomic E-state index is 0.0225. The maximum atomic E-state index is 6.20. The molecule has 1 rings (SSSR count). The van der Waals surface area contributed by atoms with E-state index in [0.717, 1.165) is 12.0 Å². The number of benzene rings is 1. The number of hydrogen-bond donors (Lipinski definition) is 0. The highest BCUT2D eigenvalue weighted by molar-refractivity contribution is 6.20. The molecule has 0 N–H and O–H groups in total. The Morgan fingerprint density at radius 3 is 2.21 bits per heavy atom. The summed E-state index contributed by atoms with van der Waals surface area (Å²) >= 11 is 6.20. The van der Waals surface area contributed by atoms with Crippen LogP contribution in [0.4, 0.5) is 0 Å². The van der Waals surface area contributed by atoms with Gasteiger partial charge in [0.15, 0.2) is 0 Å². The van der Waals surface area contributed by atoms with Crippen molar-refractivity contribution in [3.05, 3.63) is 35.4 Å². The van der Waals surface area contributed by atoms with Crippen LogP contribution in [-0.2, 0) is 6.42 Å². The normalized spacial score (nSPS) is 13.2. The minimum atomic E-state index is -0.0225. The fourth-order valence-electron chi connectivity index (χ4n) is 1.43. The second kappa shape index (κ2) is 5.38. The van der Waals surface area contributed by atoms with Gasteiger partial charge >= 0.3 is 0 Å². The Balaban J connectivity index is 2.72. The quantitative estimate of drug-likeness (QED) is 0.545. The third-order valence-corrected chi connectivity index (χ3v) is 2.89. The van der Waals surface area contributed by atoms with Crippen molar-refractivity contribution >= 4 is 11.6 Å². The van der Waals surface area contributed by atoms with Crippen LogP contribution in [0.3, 0.4) is 0 Å². The number of aryl methyl sites for hydroxylation is 1. The summed E-state index contributed by atoms with van der Waals surface area (Å²) in [6.07, 6.45) is 2.34. The van der Waals surface area contributed by atoms with E-state index in [4.69, 9.17) is 11.6 Å². The molecule has 0 saturated carbocycles. The first-order valence-corrected chi connectivity index (χ1v) is 5.48. The molecule has 1 unspecified atom stereocenters. The predicted molar refractivity (Wildman–Crippen MR) is 62.7 cm³/mol. The fraction of sp³-hybridized carbons (Fsp3) is 0.500. The molecule has 0 aliphatic rings. The molecule has 78 valence electrons. The summed E-state index contributed by atoms with van der Waals surface area (Å²) in [5.74, 6) is 0. The first-order chi connectivity index (χ1) is 6.65. The lowest BCUT2D eigenvalue weighted by atomic mass is 10.1. The zero-order valence-electron chi connectivity index (χ0n) is 9.13. The summed E-state index contributed by atoms with van der Waals surface area (Å²) in [6, 6.07) is 8.56. The smallest absolute Gasteiger partial charge is 0.110 e. The van der Waals surface area contributed by atoms with E-state index in [1.807, 2.05) is 19.0 Å². The number of nitrogens with zero attached hydrogens (tertiary/aromatic N) is 1. The molecule has 0 aliphatic heterocycles. The highest BCUT2D eigenvalue weighted by Crippen LogP contribution is 2.22. The van der Waals surface area contributed by atoms with Crippen molar-refractivity contribution in [2.45, 2.75) is 25.3 Å². The van der Waals surface area contributed by atoms with Crippen LogP contribution in [0.2, 0.25) is 0 Å². The van der Waals surface area contributed by atoms with Crippen LogP contribution in [0.25, 0.3) is 0 Å². The van der Waals surface area contributed by atoms with Crippen LogP contribution < -0.4 is 0 Å². The van der Waals surface area contributed by atoms with Crippen molar-refractivity contribution in [3.63, 3.8) is 0 Å². The van der Waals surface area contributed by atoms with Crippen molar-refractivity contribution in [2.75, 3.05) is 14.1 Å². The van der Waals surface area contributed by atoms with Crippen molar-refractivity contribution in [1.29, 1.82) is 0 Å². The molecule has 0 saturated heterocycles. The number of halogens is 1. The molecule has 0 heterocycles. The molecule has 0 spiro atoms. The van der Waals surface area contributed by atoms with E-state index in [1.54, 1.807) is 0 Å². The highest BCUT2D eigenvalue weighted by Gasteiger charge is 2.08. The number of alkyl halides is 1. The molecule has 0 aromatic heterocycles. The van der Waals surface area contributed by atoms with Crippen LogP contribution >= 0.6 is 11.6 Å². The minimum Gasteiger partial charge on any atom is -0.290 e. The SMILES string of the molecule is CCCc1ccc(C(Cl)N(C)C)cc1. The average Bonchev–Trinajstić information content (AvgIpc) is 2.18. The van der Waals surface area contributed by atoms with Crippen molar-refractivity contribution in [3.8, 4) is 0 Å². The predicted octanol–water partition coefficient (Wildman–Crippen LogP) is 3.44. The number of hydrogen-bond acceptors (Lipinski definition) is 1. The van der Waals surface area contributed by atoms with Crippen molar-refractivity contribution in [2.24, 2.45) is 0 Å². The summed E-state index contributed by atoms with van der Waals surface area (Å²) in [4.78, 5) is 2.00. The van der Waals surface area contributed by atoms with Gasteiger partial charge in [-0.2, -0.15) is 0 Å². The molecular formula is C12H18ClN. The van der Waals surface area contributed by atoms with Crippen LogP contribution in [0.5, 0.6) is 0 Å². The molecule has 0 radical (unpaired) electrons. The molecular weight excluding hydrogens is 194 g/mol. The lowest BCUT2D eigenvalue weighted by Crippen LogP contribution is -2.14. The lowest BCUT2D eigenvalue weighted by molar-refractivity contribution is 0.384. The zero-order chi connectivity index (χ0) is 10.6. The molecule has 0 bridgehead atoms. The Labute approximate surface area is 91.7 Å². The molecule has 0 fully saturated rings. The first-order valence-electron chi connectivity index (χ1n) is 5.04. The summed E-state index contributed by atoms with van der Waals surface area (Å²) in [5, 5.41) is 0. The van der Waals surface area contributed by atoms with Gasteiger partial charge in [-0.3, -0.25) is 4.90 Å². The largest absolute Gasteiger partial charge is 0.290 e. The van der Waals surface area contributed by atoms with Crippen LogP contribution in [-0.4, -0.2) is 19.0 Å². The Bertz CT molecular complexity index is 266. The Morgan fingerprint density at radius 2 is 1.79 bits per heavy atom. The molecule has 0 amide bonds. The summed E-state index contributed by atoms with van der Waals surface area (Å²) in [7, 11) is 3.97. The van der Waals surface area contributed by atoms with E-state index in [1.165, 1.54) is 12.0 Å². The first kappa shape index (κ1) is 11.5. The second-order valence-electron chi connectivity index (χ2n) is 3.79. The maximum Gasteiger partial charge on any atom is 0.110 e. The van der Waals surface area contributed by atoms with E-state index in [9.17, 15) is 0 Å². The summed E-state index contributed by atoms with van der Waals surface area (Å²) < 4.78 is 0. The van der Waals surface area contributed by atoms with Gasteiger partial charge in [-0.15, -0.1) is 11.6 Å². The van der Waals surface area contributed by atoms with Gasteiger partial charge in [0, 0.05) is 0 Å². The van der Waals surface area contributed by atoms with E-state index in [2.05, 4.69) is 31.2 Å². The van der Waals surface area contributed by atoms with E-state index in [0.29, 0.717) is 0 Å². The molecule has 1 aromatic carbocycles. The monoisotopic (exact) mass is 211 g/mol.